The molecule has 2 fully saturated rings. The van der Waals surface area contributed by atoms with E-state index in [1.807, 2.05) is 0 Å². The summed E-state index contributed by atoms with van der Waals surface area (Å²) < 4.78 is 0. The molecule has 18 heavy (non-hydrogen) atoms. The molecule has 2 rings (SSSR count). The number of hydrogen-bond acceptors (Lipinski definition) is 2. The first-order chi connectivity index (χ1) is 8.47. The van der Waals surface area contributed by atoms with Gasteiger partial charge in [-0.25, -0.2) is 4.79 Å². The number of hydrogen-bond donors (Lipinski definition) is 3. The molecule has 0 spiro atoms. The van der Waals surface area contributed by atoms with E-state index in [-0.39, 0.29) is 29.6 Å². The highest BCUT2D eigenvalue weighted by Gasteiger charge is 2.38. The molecule has 2 aliphatic carbocycles. The Morgan fingerprint density at radius 2 is 1.89 bits per heavy atom. The van der Waals surface area contributed by atoms with Gasteiger partial charge in [-0.3, -0.25) is 0 Å². The highest BCUT2D eigenvalue weighted by molar-refractivity contribution is 5.75. The van der Waals surface area contributed by atoms with Crippen molar-refractivity contribution in [2.45, 2.75) is 70.4 Å². The molecule has 2 amide bonds. The SMILES string of the molecule is CC1(C)CCCC1NC(=O)NC1(CO)CCCC1. The smallest absolute Gasteiger partial charge is 0.315 e. The quantitative estimate of drug-likeness (QED) is 0.723. The van der Waals surface area contributed by atoms with Crippen molar-refractivity contribution in [1.29, 1.82) is 0 Å². The summed E-state index contributed by atoms with van der Waals surface area (Å²) in [5.74, 6) is 0. The summed E-state index contributed by atoms with van der Waals surface area (Å²) in [7, 11) is 0. The van der Waals surface area contributed by atoms with Crippen molar-refractivity contribution >= 4 is 6.03 Å². The van der Waals surface area contributed by atoms with Crippen LogP contribution in [0.15, 0.2) is 0 Å². The maximum absolute atomic E-state index is 12.1. The molecule has 2 saturated carbocycles. The Morgan fingerprint density at radius 3 is 2.39 bits per heavy atom. The number of aliphatic hydroxyl groups is 1. The van der Waals surface area contributed by atoms with E-state index in [4.69, 9.17) is 0 Å². The first-order valence-electron chi connectivity index (χ1n) is 7.17. The Balaban J connectivity index is 1.88. The summed E-state index contributed by atoms with van der Waals surface area (Å²) in [6.07, 6.45) is 7.39. The molecule has 0 bridgehead atoms. The summed E-state index contributed by atoms with van der Waals surface area (Å²) in [5, 5.41) is 15.6. The van der Waals surface area contributed by atoms with Gasteiger partial charge in [0.25, 0.3) is 0 Å². The minimum absolute atomic E-state index is 0.0501. The fourth-order valence-electron chi connectivity index (χ4n) is 3.40. The lowest BCUT2D eigenvalue weighted by molar-refractivity contribution is 0.158. The molecule has 0 aliphatic heterocycles. The predicted molar refractivity (Wildman–Crippen MR) is 71.4 cm³/mol. The van der Waals surface area contributed by atoms with E-state index in [1.165, 1.54) is 12.8 Å². The summed E-state index contributed by atoms with van der Waals surface area (Å²) in [6.45, 7) is 4.47. The molecule has 0 saturated heterocycles. The molecule has 104 valence electrons. The first-order valence-corrected chi connectivity index (χ1v) is 7.17. The van der Waals surface area contributed by atoms with Gasteiger partial charge in [0, 0.05) is 6.04 Å². The summed E-state index contributed by atoms with van der Waals surface area (Å²) >= 11 is 0. The van der Waals surface area contributed by atoms with Gasteiger partial charge in [0.2, 0.25) is 0 Å². The Labute approximate surface area is 110 Å². The minimum atomic E-state index is -0.368. The number of rotatable bonds is 3. The van der Waals surface area contributed by atoms with Gasteiger partial charge in [0.15, 0.2) is 0 Å². The van der Waals surface area contributed by atoms with Crippen molar-refractivity contribution in [2.24, 2.45) is 5.41 Å². The van der Waals surface area contributed by atoms with Crippen LogP contribution < -0.4 is 10.6 Å². The third-order valence-corrected chi connectivity index (χ3v) is 4.80. The van der Waals surface area contributed by atoms with E-state index < -0.39 is 0 Å². The number of aliphatic hydroxyl groups excluding tert-OH is 1. The molecular weight excluding hydrogens is 228 g/mol. The molecule has 0 heterocycles. The fourth-order valence-corrected chi connectivity index (χ4v) is 3.40. The van der Waals surface area contributed by atoms with Crippen molar-refractivity contribution in [2.75, 3.05) is 6.61 Å². The van der Waals surface area contributed by atoms with Gasteiger partial charge in [-0.15, -0.1) is 0 Å². The zero-order valence-electron chi connectivity index (χ0n) is 11.6. The van der Waals surface area contributed by atoms with E-state index in [0.717, 1.165) is 32.1 Å². The van der Waals surface area contributed by atoms with Crippen LogP contribution in [0.2, 0.25) is 0 Å². The molecule has 2 aliphatic rings. The minimum Gasteiger partial charge on any atom is -0.394 e. The maximum Gasteiger partial charge on any atom is 0.315 e. The normalized spacial score (nSPS) is 29.2. The molecule has 1 unspecified atom stereocenters. The van der Waals surface area contributed by atoms with E-state index in [0.29, 0.717) is 0 Å². The molecule has 0 aromatic heterocycles. The van der Waals surface area contributed by atoms with Gasteiger partial charge in [0.1, 0.15) is 0 Å². The second-order valence-electron chi connectivity index (χ2n) is 6.68. The van der Waals surface area contributed by atoms with Crippen molar-refractivity contribution in [1.82, 2.24) is 10.6 Å². The van der Waals surface area contributed by atoms with Gasteiger partial charge in [-0.1, -0.05) is 33.1 Å². The van der Waals surface area contributed by atoms with Crippen LogP contribution in [0.25, 0.3) is 0 Å². The lowest BCUT2D eigenvalue weighted by Gasteiger charge is -2.32. The van der Waals surface area contributed by atoms with Crippen LogP contribution in [0.3, 0.4) is 0 Å². The number of carbonyl (C=O) groups excluding carboxylic acids is 1. The second kappa shape index (κ2) is 5.08. The standard InChI is InChI=1S/C14H26N2O2/c1-13(2)7-5-6-11(13)15-12(18)16-14(10-17)8-3-4-9-14/h11,17H,3-10H2,1-2H3,(H2,15,16,18). The largest absolute Gasteiger partial charge is 0.394 e. The lowest BCUT2D eigenvalue weighted by Crippen LogP contribution is -2.55. The number of carbonyl (C=O) groups is 1. The Kier molecular flexibility index (Phi) is 3.85. The molecule has 4 heteroatoms. The van der Waals surface area contributed by atoms with Crippen LogP contribution in [0.5, 0.6) is 0 Å². The Morgan fingerprint density at radius 1 is 1.22 bits per heavy atom. The van der Waals surface area contributed by atoms with Crippen LogP contribution in [-0.4, -0.2) is 29.3 Å². The van der Waals surface area contributed by atoms with E-state index in [9.17, 15) is 9.90 Å². The average Bonchev–Trinajstić information content (AvgIpc) is 2.88. The summed E-state index contributed by atoms with van der Waals surface area (Å²) in [6, 6.07) is 0.153. The van der Waals surface area contributed by atoms with Gasteiger partial charge < -0.3 is 15.7 Å². The number of amides is 2. The Bertz CT molecular complexity index is 309. The maximum atomic E-state index is 12.1. The van der Waals surface area contributed by atoms with Crippen LogP contribution >= 0.6 is 0 Å². The van der Waals surface area contributed by atoms with Crippen LogP contribution in [0.4, 0.5) is 4.79 Å². The third kappa shape index (κ3) is 2.79. The van der Waals surface area contributed by atoms with Gasteiger partial charge >= 0.3 is 6.03 Å². The number of urea groups is 1. The van der Waals surface area contributed by atoms with Crippen LogP contribution in [0.1, 0.15) is 58.8 Å². The van der Waals surface area contributed by atoms with Crippen LogP contribution in [0, 0.1) is 5.41 Å². The zero-order valence-corrected chi connectivity index (χ0v) is 11.6. The van der Waals surface area contributed by atoms with Crippen molar-refractivity contribution in [3.63, 3.8) is 0 Å². The lowest BCUT2D eigenvalue weighted by atomic mass is 9.87. The van der Waals surface area contributed by atoms with Crippen molar-refractivity contribution in [3.8, 4) is 0 Å². The molecule has 0 aromatic rings. The van der Waals surface area contributed by atoms with E-state index in [2.05, 4.69) is 24.5 Å². The number of nitrogens with one attached hydrogen (secondary N) is 2. The highest BCUT2D eigenvalue weighted by atomic mass is 16.3. The zero-order chi connectivity index (χ0) is 13.2. The second-order valence-corrected chi connectivity index (χ2v) is 6.68. The molecule has 4 nitrogen and oxygen atoms in total. The molecule has 3 N–H and O–H groups in total. The Hall–Kier alpha value is -0.770. The molecule has 0 radical (unpaired) electrons. The highest BCUT2D eigenvalue weighted by Crippen LogP contribution is 2.37. The topological polar surface area (TPSA) is 61.4 Å². The molecular formula is C14H26N2O2. The van der Waals surface area contributed by atoms with Crippen molar-refractivity contribution in [3.05, 3.63) is 0 Å². The van der Waals surface area contributed by atoms with Gasteiger partial charge in [0.05, 0.1) is 12.1 Å². The average molecular weight is 254 g/mol. The fraction of sp³-hybridized carbons (Fsp3) is 0.929. The first kappa shape index (κ1) is 13.7. The predicted octanol–water partition coefficient (Wildman–Crippen LogP) is 2.17. The van der Waals surface area contributed by atoms with Gasteiger partial charge in [-0.2, -0.15) is 0 Å². The third-order valence-electron chi connectivity index (χ3n) is 4.80. The van der Waals surface area contributed by atoms with Gasteiger partial charge in [-0.05, 0) is 31.1 Å². The summed E-state index contributed by atoms with van der Waals surface area (Å²) in [4.78, 5) is 12.1. The molecule has 1 atom stereocenters. The molecule has 0 aromatic carbocycles. The summed E-state index contributed by atoms with van der Waals surface area (Å²) in [5.41, 5.74) is -0.174. The monoisotopic (exact) mass is 254 g/mol. The van der Waals surface area contributed by atoms with E-state index >= 15 is 0 Å². The van der Waals surface area contributed by atoms with Crippen LogP contribution in [-0.2, 0) is 0 Å². The van der Waals surface area contributed by atoms with E-state index in [1.54, 1.807) is 0 Å². The van der Waals surface area contributed by atoms with Crippen molar-refractivity contribution < 1.29 is 9.90 Å².